The minimum absolute atomic E-state index is 0. The minimum Gasteiger partial charge on any atom is -0.492 e. The molecule has 0 aliphatic rings. The number of hydrogen-bond donors (Lipinski definition) is 2. The molecule has 0 heterocycles. The fraction of sp³-hybridized carbons (Fsp3) is 0.500. The highest BCUT2D eigenvalue weighted by Crippen LogP contribution is 2.17. The van der Waals surface area contributed by atoms with Crippen molar-refractivity contribution in [2.75, 3.05) is 19.7 Å². The quantitative estimate of drug-likeness (QED) is 0.299. The topological polar surface area (TPSA) is 45.7 Å². The van der Waals surface area contributed by atoms with Gasteiger partial charge < -0.3 is 15.4 Å². The molecule has 20 heavy (non-hydrogen) atoms. The van der Waals surface area contributed by atoms with Gasteiger partial charge in [-0.1, -0.05) is 22.0 Å². The second kappa shape index (κ2) is 11.2. The first-order valence-corrected chi connectivity index (χ1v) is 7.34. The van der Waals surface area contributed by atoms with Crippen molar-refractivity contribution in [2.45, 2.75) is 26.8 Å². The summed E-state index contributed by atoms with van der Waals surface area (Å²) in [5.74, 6) is 1.68. The van der Waals surface area contributed by atoms with E-state index in [2.05, 4.69) is 52.3 Å². The van der Waals surface area contributed by atoms with Crippen LogP contribution in [0.3, 0.4) is 0 Å². The van der Waals surface area contributed by atoms with Gasteiger partial charge in [0, 0.05) is 17.1 Å². The van der Waals surface area contributed by atoms with Crippen molar-refractivity contribution in [3.63, 3.8) is 0 Å². The summed E-state index contributed by atoms with van der Waals surface area (Å²) in [6.07, 6.45) is 0. The highest BCUT2D eigenvalue weighted by atomic mass is 127. The molecule has 0 aliphatic carbocycles. The zero-order valence-corrected chi connectivity index (χ0v) is 16.1. The Morgan fingerprint density at radius 3 is 2.75 bits per heavy atom. The van der Waals surface area contributed by atoms with Crippen LogP contribution >= 0.6 is 39.9 Å². The standard InChI is InChI=1S/C14H22BrN3O.HI/c1-4-16-14(18-11(2)3)17-8-9-19-13-7-5-6-12(15)10-13;/h5-7,10-11H,4,8-9H2,1-3H3,(H2,16,17,18);1H. The molecular formula is C14H23BrIN3O. The fourth-order valence-corrected chi connectivity index (χ4v) is 1.85. The summed E-state index contributed by atoms with van der Waals surface area (Å²) in [6.45, 7) is 8.26. The molecular weight excluding hydrogens is 433 g/mol. The van der Waals surface area contributed by atoms with Gasteiger partial charge in [0.25, 0.3) is 0 Å². The van der Waals surface area contributed by atoms with Gasteiger partial charge in [0.15, 0.2) is 5.96 Å². The van der Waals surface area contributed by atoms with E-state index in [9.17, 15) is 0 Å². The van der Waals surface area contributed by atoms with E-state index in [0.717, 1.165) is 22.7 Å². The summed E-state index contributed by atoms with van der Waals surface area (Å²) >= 11 is 3.41. The monoisotopic (exact) mass is 455 g/mol. The van der Waals surface area contributed by atoms with E-state index < -0.39 is 0 Å². The molecule has 6 heteroatoms. The van der Waals surface area contributed by atoms with E-state index in [1.165, 1.54) is 0 Å². The highest BCUT2D eigenvalue weighted by molar-refractivity contribution is 14.0. The summed E-state index contributed by atoms with van der Waals surface area (Å²) in [7, 11) is 0. The lowest BCUT2D eigenvalue weighted by Crippen LogP contribution is -2.41. The summed E-state index contributed by atoms with van der Waals surface area (Å²) < 4.78 is 6.64. The van der Waals surface area contributed by atoms with Crippen molar-refractivity contribution in [1.29, 1.82) is 0 Å². The van der Waals surface area contributed by atoms with E-state index >= 15 is 0 Å². The van der Waals surface area contributed by atoms with Crippen LogP contribution < -0.4 is 15.4 Å². The molecule has 0 atom stereocenters. The summed E-state index contributed by atoms with van der Waals surface area (Å²) in [5, 5.41) is 6.46. The van der Waals surface area contributed by atoms with Crippen LogP contribution in [0.2, 0.25) is 0 Å². The molecule has 0 spiro atoms. The molecule has 0 unspecified atom stereocenters. The maximum Gasteiger partial charge on any atom is 0.191 e. The fourth-order valence-electron chi connectivity index (χ4n) is 1.47. The SMILES string of the molecule is CCNC(=NCCOc1cccc(Br)c1)NC(C)C.I. The number of aliphatic imine (C=N–C) groups is 1. The van der Waals surface area contributed by atoms with Crippen molar-refractivity contribution in [2.24, 2.45) is 4.99 Å². The first kappa shape index (κ1) is 19.5. The van der Waals surface area contributed by atoms with Gasteiger partial charge in [-0.05, 0) is 39.0 Å². The lowest BCUT2D eigenvalue weighted by atomic mass is 10.3. The van der Waals surface area contributed by atoms with Crippen LogP contribution in [-0.4, -0.2) is 31.7 Å². The zero-order valence-electron chi connectivity index (χ0n) is 12.1. The summed E-state index contributed by atoms with van der Waals surface area (Å²) in [4.78, 5) is 4.45. The number of guanidine groups is 1. The zero-order chi connectivity index (χ0) is 14.1. The van der Waals surface area contributed by atoms with Gasteiger partial charge in [-0.3, -0.25) is 0 Å². The van der Waals surface area contributed by atoms with Gasteiger partial charge >= 0.3 is 0 Å². The Labute approximate surface area is 146 Å². The van der Waals surface area contributed by atoms with Crippen molar-refractivity contribution in [3.05, 3.63) is 28.7 Å². The first-order valence-electron chi connectivity index (χ1n) is 6.55. The minimum atomic E-state index is 0. The third kappa shape index (κ3) is 8.63. The third-order valence-corrected chi connectivity index (χ3v) is 2.69. The Morgan fingerprint density at radius 2 is 2.15 bits per heavy atom. The van der Waals surface area contributed by atoms with E-state index in [-0.39, 0.29) is 24.0 Å². The second-order valence-corrected chi connectivity index (χ2v) is 5.28. The van der Waals surface area contributed by atoms with Crippen LogP contribution in [0.15, 0.2) is 33.7 Å². The Balaban J connectivity index is 0.00000361. The number of ether oxygens (including phenoxy) is 1. The summed E-state index contributed by atoms with van der Waals surface area (Å²) in [5.41, 5.74) is 0. The second-order valence-electron chi connectivity index (χ2n) is 4.37. The van der Waals surface area contributed by atoms with E-state index in [1.807, 2.05) is 24.3 Å². The van der Waals surface area contributed by atoms with Crippen molar-refractivity contribution in [1.82, 2.24) is 10.6 Å². The van der Waals surface area contributed by atoms with Gasteiger partial charge in [0.1, 0.15) is 12.4 Å². The van der Waals surface area contributed by atoms with Gasteiger partial charge in [0.2, 0.25) is 0 Å². The third-order valence-electron chi connectivity index (χ3n) is 2.20. The predicted octanol–water partition coefficient (Wildman–Crippen LogP) is 3.41. The Hall–Kier alpha value is -0.500. The smallest absolute Gasteiger partial charge is 0.191 e. The van der Waals surface area contributed by atoms with Crippen LogP contribution in [0.1, 0.15) is 20.8 Å². The normalized spacial score (nSPS) is 10.9. The van der Waals surface area contributed by atoms with Gasteiger partial charge in [-0.2, -0.15) is 0 Å². The average molecular weight is 456 g/mol. The van der Waals surface area contributed by atoms with Crippen LogP contribution in [-0.2, 0) is 0 Å². The number of rotatable bonds is 6. The van der Waals surface area contributed by atoms with E-state index in [0.29, 0.717) is 19.2 Å². The number of nitrogens with zero attached hydrogens (tertiary/aromatic N) is 1. The largest absolute Gasteiger partial charge is 0.492 e. The van der Waals surface area contributed by atoms with Crippen LogP contribution in [0, 0.1) is 0 Å². The molecule has 0 aromatic heterocycles. The van der Waals surface area contributed by atoms with E-state index in [4.69, 9.17) is 4.74 Å². The highest BCUT2D eigenvalue weighted by Gasteiger charge is 1.99. The molecule has 1 rings (SSSR count). The Morgan fingerprint density at radius 1 is 1.40 bits per heavy atom. The lowest BCUT2D eigenvalue weighted by molar-refractivity contribution is 0.328. The van der Waals surface area contributed by atoms with E-state index in [1.54, 1.807) is 0 Å². The van der Waals surface area contributed by atoms with Crippen molar-refractivity contribution >= 4 is 45.9 Å². The molecule has 0 bridgehead atoms. The summed E-state index contributed by atoms with van der Waals surface area (Å²) in [6, 6.07) is 8.17. The Bertz CT molecular complexity index is 413. The lowest BCUT2D eigenvalue weighted by Gasteiger charge is -2.14. The molecule has 1 aromatic rings. The molecule has 114 valence electrons. The van der Waals surface area contributed by atoms with Crippen LogP contribution in [0.4, 0.5) is 0 Å². The number of hydrogen-bond acceptors (Lipinski definition) is 2. The number of halogens is 2. The average Bonchev–Trinajstić information content (AvgIpc) is 2.34. The van der Waals surface area contributed by atoms with Gasteiger partial charge in [0.05, 0.1) is 6.54 Å². The Kier molecular flexibility index (Phi) is 10.9. The molecule has 0 saturated carbocycles. The maximum absolute atomic E-state index is 5.63. The van der Waals surface area contributed by atoms with Crippen molar-refractivity contribution < 1.29 is 4.74 Å². The van der Waals surface area contributed by atoms with Gasteiger partial charge in [-0.25, -0.2) is 4.99 Å². The molecule has 0 amide bonds. The molecule has 4 nitrogen and oxygen atoms in total. The van der Waals surface area contributed by atoms with Gasteiger partial charge in [-0.15, -0.1) is 24.0 Å². The predicted molar refractivity (Wildman–Crippen MR) is 99.3 cm³/mol. The number of nitrogens with one attached hydrogen (secondary N) is 2. The van der Waals surface area contributed by atoms with Crippen molar-refractivity contribution in [3.8, 4) is 5.75 Å². The van der Waals surface area contributed by atoms with Crippen LogP contribution in [0.5, 0.6) is 5.75 Å². The molecule has 2 N–H and O–H groups in total. The molecule has 0 fully saturated rings. The number of benzene rings is 1. The molecule has 0 saturated heterocycles. The van der Waals surface area contributed by atoms with Crippen LogP contribution in [0.25, 0.3) is 0 Å². The molecule has 0 aliphatic heterocycles. The molecule has 1 aromatic carbocycles. The maximum atomic E-state index is 5.63. The first-order chi connectivity index (χ1) is 9.11. The molecule has 0 radical (unpaired) electrons.